The first kappa shape index (κ1) is 21.0. The van der Waals surface area contributed by atoms with E-state index in [4.69, 9.17) is 9.26 Å². The fraction of sp³-hybridized carbons (Fsp3) is 0.391. The molecule has 2 aromatic heterocycles. The van der Waals surface area contributed by atoms with E-state index in [1.807, 2.05) is 6.07 Å². The average molecular weight is 422 g/mol. The van der Waals surface area contributed by atoms with E-state index in [1.165, 1.54) is 0 Å². The molecule has 0 radical (unpaired) electrons. The molecule has 0 unspecified atom stereocenters. The van der Waals surface area contributed by atoms with Crippen molar-refractivity contribution >= 4 is 11.7 Å². The lowest BCUT2D eigenvalue weighted by Gasteiger charge is -2.23. The van der Waals surface area contributed by atoms with Crippen LogP contribution in [0.3, 0.4) is 0 Å². The fourth-order valence-corrected chi connectivity index (χ4v) is 3.81. The number of carbonyl (C=O) groups excluding carboxylic acids is 1. The van der Waals surface area contributed by atoms with Crippen molar-refractivity contribution in [3.63, 3.8) is 0 Å². The molecular formula is C23H27N5O3. The molecule has 162 valence electrons. The first-order valence-electron chi connectivity index (χ1n) is 10.5. The van der Waals surface area contributed by atoms with Crippen molar-refractivity contribution in [3.05, 3.63) is 54.0 Å². The number of benzene rings is 1. The van der Waals surface area contributed by atoms with E-state index in [1.54, 1.807) is 43.6 Å². The molecule has 8 heteroatoms. The van der Waals surface area contributed by atoms with E-state index >= 15 is 0 Å². The van der Waals surface area contributed by atoms with Crippen molar-refractivity contribution in [2.45, 2.75) is 32.7 Å². The lowest BCUT2D eigenvalue weighted by atomic mass is 10.1. The highest BCUT2D eigenvalue weighted by molar-refractivity contribution is 6.03. The predicted molar refractivity (Wildman–Crippen MR) is 117 cm³/mol. The number of hydrogen-bond donors (Lipinski definition) is 1. The standard InChI is InChI=1S/C23H27N5O3/c1-15(2)14-28-12-4-5-19(28)23-26-21(27-31-23)17-8-11-20(24-13-17)25-22(29)16-6-9-18(30-3)10-7-16/h6-11,13,15,19H,4-5,12,14H2,1-3H3,(H,24,25,29)/t19-/m0/s1. The molecule has 1 amide bonds. The molecule has 1 aliphatic rings. The highest BCUT2D eigenvalue weighted by atomic mass is 16.5. The number of hydrogen-bond acceptors (Lipinski definition) is 7. The Balaban J connectivity index is 1.42. The van der Waals surface area contributed by atoms with Crippen LogP contribution >= 0.6 is 0 Å². The summed E-state index contributed by atoms with van der Waals surface area (Å²) in [7, 11) is 1.59. The summed E-state index contributed by atoms with van der Waals surface area (Å²) in [5.74, 6) is 2.66. The van der Waals surface area contributed by atoms with E-state index in [0.29, 0.717) is 34.8 Å². The second kappa shape index (κ2) is 9.26. The summed E-state index contributed by atoms with van der Waals surface area (Å²) in [6, 6.07) is 10.6. The second-order valence-electron chi connectivity index (χ2n) is 8.12. The Morgan fingerprint density at radius 3 is 2.74 bits per heavy atom. The number of likely N-dealkylation sites (tertiary alicyclic amines) is 1. The number of ether oxygens (including phenoxy) is 1. The number of methoxy groups -OCH3 is 1. The zero-order chi connectivity index (χ0) is 21.8. The number of amides is 1. The summed E-state index contributed by atoms with van der Waals surface area (Å²) < 4.78 is 10.7. The van der Waals surface area contributed by atoms with Crippen molar-refractivity contribution in [2.24, 2.45) is 5.92 Å². The summed E-state index contributed by atoms with van der Waals surface area (Å²) in [5.41, 5.74) is 1.27. The molecule has 31 heavy (non-hydrogen) atoms. The van der Waals surface area contributed by atoms with Gasteiger partial charge in [0.2, 0.25) is 11.7 Å². The molecule has 3 aromatic rings. The highest BCUT2D eigenvalue weighted by Crippen LogP contribution is 2.32. The van der Waals surface area contributed by atoms with Crippen LogP contribution in [-0.4, -0.2) is 46.1 Å². The van der Waals surface area contributed by atoms with Crippen LogP contribution in [0.25, 0.3) is 11.4 Å². The van der Waals surface area contributed by atoms with E-state index in [9.17, 15) is 4.79 Å². The molecule has 0 saturated carbocycles. The van der Waals surface area contributed by atoms with E-state index in [-0.39, 0.29) is 11.9 Å². The largest absolute Gasteiger partial charge is 0.497 e. The van der Waals surface area contributed by atoms with Crippen molar-refractivity contribution in [2.75, 3.05) is 25.5 Å². The van der Waals surface area contributed by atoms with Crippen LogP contribution in [0.2, 0.25) is 0 Å². The summed E-state index contributed by atoms with van der Waals surface area (Å²) in [6.45, 7) is 6.52. The molecule has 3 heterocycles. The van der Waals surface area contributed by atoms with Crippen LogP contribution in [-0.2, 0) is 0 Å². The van der Waals surface area contributed by atoms with Crippen molar-refractivity contribution in [1.29, 1.82) is 0 Å². The molecule has 1 N–H and O–H groups in total. The molecule has 8 nitrogen and oxygen atoms in total. The molecule has 4 rings (SSSR count). The number of rotatable bonds is 7. The molecule has 1 aromatic carbocycles. The monoisotopic (exact) mass is 421 g/mol. The highest BCUT2D eigenvalue weighted by Gasteiger charge is 2.31. The fourth-order valence-electron chi connectivity index (χ4n) is 3.81. The van der Waals surface area contributed by atoms with Gasteiger partial charge in [-0.3, -0.25) is 9.69 Å². The summed E-state index contributed by atoms with van der Waals surface area (Å²) in [5, 5.41) is 6.93. The molecule has 1 saturated heterocycles. The summed E-state index contributed by atoms with van der Waals surface area (Å²) in [6.07, 6.45) is 3.81. The third-order valence-electron chi connectivity index (χ3n) is 5.31. The Kier molecular flexibility index (Phi) is 6.27. The van der Waals surface area contributed by atoms with Crippen molar-refractivity contribution in [1.82, 2.24) is 20.0 Å². The smallest absolute Gasteiger partial charge is 0.256 e. The maximum absolute atomic E-state index is 12.4. The van der Waals surface area contributed by atoms with Gasteiger partial charge in [-0.2, -0.15) is 4.98 Å². The van der Waals surface area contributed by atoms with Gasteiger partial charge in [0.25, 0.3) is 5.91 Å². The number of anilines is 1. The van der Waals surface area contributed by atoms with Gasteiger partial charge in [0.05, 0.1) is 13.2 Å². The van der Waals surface area contributed by atoms with Gasteiger partial charge < -0.3 is 14.6 Å². The van der Waals surface area contributed by atoms with Gasteiger partial charge in [0.15, 0.2) is 0 Å². The van der Waals surface area contributed by atoms with E-state index in [0.717, 1.165) is 31.5 Å². The van der Waals surface area contributed by atoms with Gasteiger partial charge in [-0.05, 0) is 61.7 Å². The minimum absolute atomic E-state index is 0.180. The zero-order valence-electron chi connectivity index (χ0n) is 18.0. The molecule has 0 spiro atoms. The zero-order valence-corrected chi connectivity index (χ0v) is 18.0. The normalized spacial score (nSPS) is 16.6. The van der Waals surface area contributed by atoms with Crippen LogP contribution in [0.15, 0.2) is 47.1 Å². The SMILES string of the molecule is COc1ccc(C(=O)Nc2ccc(-c3noc([C@@H]4CCCN4CC(C)C)n3)cn2)cc1. The number of nitrogens with one attached hydrogen (secondary N) is 1. The Morgan fingerprint density at radius 1 is 1.26 bits per heavy atom. The van der Waals surface area contributed by atoms with Gasteiger partial charge >= 0.3 is 0 Å². The molecule has 0 bridgehead atoms. The first-order valence-corrected chi connectivity index (χ1v) is 10.5. The lowest BCUT2D eigenvalue weighted by molar-refractivity contribution is 0.102. The third kappa shape index (κ3) is 4.91. The van der Waals surface area contributed by atoms with Crippen molar-refractivity contribution < 1.29 is 14.1 Å². The van der Waals surface area contributed by atoms with Gasteiger partial charge in [0.1, 0.15) is 11.6 Å². The number of nitrogens with zero attached hydrogens (tertiary/aromatic N) is 4. The number of pyridine rings is 1. The molecule has 1 atom stereocenters. The Morgan fingerprint density at radius 2 is 2.06 bits per heavy atom. The first-order chi connectivity index (χ1) is 15.0. The topological polar surface area (TPSA) is 93.4 Å². The Hall–Kier alpha value is -3.26. The third-order valence-corrected chi connectivity index (χ3v) is 5.31. The maximum atomic E-state index is 12.4. The molecular weight excluding hydrogens is 394 g/mol. The van der Waals surface area contributed by atoms with Gasteiger partial charge in [-0.1, -0.05) is 19.0 Å². The second-order valence-corrected chi connectivity index (χ2v) is 8.12. The lowest BCUT2D eigenvalue weighted by Crippen LogP contribution is -2.27. The van der Waals surface area contributed by atoms with Crippen LogP contribution in [0.4, 0.5) is 5.82 Å². The predicted octanol–water partition coefficient (Wildman–Crippen LogP) is 4.19. The van der Waals surface area contributed by atoms with Gasteiger partial charge in [0, 0.05) is 23.9 Å². The Bertz CT molecular complexity index is 1010. The quantitative estimate of drug-likeness (QED) is 0.611. The van der Waals surface area contributed by atoms with Crippen LogP contribution in [0.1, 0.15) is 49.0 Å². The number of carbonyl (C=O) groups is 1. The molecule has 1 aliphatic heterocycles. The van der Waals surface area contributed by atoms with Crippen LogP contribution in [0.5, 0.6) is 5.75 Å². The maximum Gasteiger partial charge on any atom is 0.256 e. The minimum atomic E-state index is -0.240. The van der Waals surface area contributed by atoms with Crippen LogP contribution < -0.4 is 10.1 Å². The van der Waals surface area contributed by atoms with E-state index < -0.39 is 0 Å². The average Bonchev–Trinajstić information content (AvgIpc) is 3.43. The minimum Gasteiger partial charge on any atom is -0.497 e. The molecule has 1 fully saturated rings. The van der Waals surface area contributed by atoms with Crippen LogP contribution in [0, 0.1) is 5.92 Å². The number of aromatic nitrogens is 3. The summed E-state index contributed by atoms with van der Waals surface area (Å²) in [4.78, 5) is 23.7. The van der Waals surface area contributed by atoms with Gasteiger partial charge in [-0.25, -0.2) is 4.98 Å². The van der Waals surface area contributed by atoms with Crippen molar-refractivity contribution in [3.8, 4) is 17.1 Å². The Labute approximate surface area is 181 Å². The van der Waals surface area contributed by atoms with Gasteiger partial charge in [-0.15, -0.1) is 0 Å². The van der Waals surface area contributed by atoms with E-state index in [2.05, 4.69) is 39.2 Å². The summed E-state index contributed by atoms with van der Waals surface area (Å²) >= 11 is 0. The molecule has 0 aliphatic carbocycles.